The summed E-state index contributed by atoms with van der Waals surface area (Å²) in [6.07, 6.45) is 3.97. The highest BCUT2D eigenvalue weighted by Crippen LogP contribution is 2.23. The molecule has 94 valence electrons. The Kier molecular flexibility index (Phi) is 4.34. The number of carbonyl (C=O) groups excluding carboxylic acids is 1. The van der Waals surface area contributed by atoms with Crippen molar-refractivity contribution in [2.24, 2.45) is 0 Å². The van der Waals surface area contributed by atoms with Gasteiger partial charge in [-0.05, 0) is 37.2 Å². The Bertz CT molecular complexity index is 396. The lowest BCUT2D eigenvalue weighted by Gasteiger charge is -2.34. The van der Waals surface area contributed by atoms with Crippen molar-refractivity contribution in [1.29, 1.82) is 0 Å². The maximum atomic E-state index is 12.4. The lowest BCUT2D eigenvalue weighted by Crippen LogP contribution is -2.44. The average molecular weight is 274 g/mol. The van der Waals surface area contributed by atoms with E-state index in [1.54, 1.807) is 0 Å². The van der Waals surface area contributed by atoms with Crippen molar-refractivity contribution in [3.8, 4) is 0 Å². The first-order valence-corrected chi connectivity index (χ1v) is 7.26. The number of piperidine rings is 1. The zero-order chi connectivity index (χ0) is 12.3. The highest BCUT2D eigenvalue weighted by Gasteiger charge is 2.29. The van der Waals surface area contributed by atoms with Gasteiger partial charge in [0.15, 0.2) is 0 Å². The number of carbonyl (C=O) groups is 1. The van der Waals surface area contributed by atoms with Crippen LogP contribution in [-0.4, -0.2) is 38.9 Å². The molecule has 1 aromatic rings. The molecule has 1 unspecified atom stereocenters. The number of nitrogens with zero attached hydrogens (tertiary/aromatic N) is 3. The van der Waals surface area contributed by atoms with Crippen molar-refractivity contribution >= 4 is 29.0 Å². The molecular formula is C11H16ClN3OS. The molecule has 1 aliphatic heterocycles. The highest BCUT2D eigenvalue weighted by atomic mass is 35.5. The van der Waals surface area contributed by atoms with Crippen molar-refractivity contribution in [2.75, 3.05) is 12.4 Å². The molecule has 0 radical (unpaired) electrons. The van der Waals surface area contributed by atoms with E-state index in [4.69, 9.17) is 11.6 Å². The Labute approximate surface area is 110 Å². The van der Waals surface area contributed by atoms with Crippen LogP contribution in [0.25, 0.3) is 0 Å². The van der Waals surface area contributed by atoms with E-state index in [9.17, 15) is 4.79 Å². The van der Waals surface area contributed by atoms with Gasteiger partial charge in [-0.15, -0.1) is 16.7 Å². The molecule has 0 saturated carbocycles. The van der Waals surface area contributed by atoms with Gasteiger partial charge < -0.3 is 4.90 Å². The van der Waals surface area contributed by atoms with Gasteiger partial charge in [-0.25, -0.2) is 0 Å². The fraction of sp³-hybridized carbons (Fsp3) is 0.727. The molecule has 1 aliphatic rings. The molecule has 1 fully saturated rings. The summed E-state index contributed by atoms with van der Waals surface area (Å²) in [5.41, 5.74) is 0.805. The minimum absolute atomic E-state index is 0.0576. The highest BCUT2D eigenvalue weighted by molar-refractivity contribution is 7.08. The Hall–Kier alpha value is -0.680. The fourth-order valence-corrected chi connectivity index (χ4v) is 3.19. The maximum Gasteiger partial charge on any atom is 0.267 e. The second kappa shape index (κ2) is 5.78. The number of halogens is 1. The van der Waals surface area contributed by atoms with E-state index in [1.165, 1.54) is 11.5 Å². The third kappa shape index (κ3) is 2.60. The van der Waals surface area contributed by atoms with Gasteiger partial charge in [0.05, 0.1) is 5.69 Å². The first-order valence-electron chi connectivity index (χ1n) is 5.96. The van der Waals surface area contributed by atoms with Crippen molar-refractivity contribution in [3.63, 3.8) is 0 Å². The zero-order valence-electron chi connectivity index (χ0n) is 9.86. The van der Waals surface area contributed by atoms with Crippen LogP contribution in [0.1, 0.15) is 41.6 Å². The first kappa shape index (κ1) is 12.8. The zero-order valence-corrected chi connectivity index (χ0v) is 11.4. The van der Waals surface area contributed by atoms with Crippen molar-refractivity contribution in [1.82, 2.24) is 14.5 Å². The van der Waals surface area contributed by atoms with Crippen LogP contribution in [0.15, 0.2) is 0 Å². The van der Waals surface area contributed by atoms with Gasteiger partial charge in [-0.3, -0.25) is 4.79 Å². The summed E-state index contributed by atoms with van der Waals surface area (Å²) in [4.78, 5) is 15.0. The third-order valence-electron chi connectivity index (χ3n) is 3.15. The van der Waals surface area contributed by atoms with Gasteiger partial charge in [-0.1, -0.05) is 11.4 Å². The van der Waals surface area contributed by atoms with E-state index in [0.717, 1.165) is 37.9 Å². The molecule has 1 aromatic heterocycles. The predicted molar refractivity (Wildman–Crippen MR) is 68.7 cm³/mol. The van der Waals surface area contributed by atoms with Crippen LogP contribution in [0.3, 0.4) is 0 Å². The summed E-state index contributed by atoms with van der Waals surface area (Å²) in [5.74, 6) is 0.571. The number of hydrogen-bond donors (Lipinski definition) is 0. The number of rotatable bonds is 3. The predicted octanol–water partition coefficient (Wildman–Crippen LogP) is 2.33. The number of hydrogen-bond acceptors (Lipinski definition) is 4. The van der Waals surface area contributed by atoms with Crippen LogP contribution in [0.5, 0.6) is 0 Å². The smallest absolute Gasteiger partial charge is 0.267 e. The molecule has 6 heteroatoms. The lowest BCUT2D eigenvalue weighted by atomic mass is 10.0. The van der Waals surface area contributed by atoms with Crippen molar-refractivity contribution in [2.45, 2.75) is 38.6 Å². The molecule has 0 N–H and O–H groups in total. The lowest BCUT2D eigenvalue weighted by molar-refractivity contribution is 0.0643. The SMILES string of the molecule is CCc1nnsc1C(=O)N1CCCCC1CCl. The van der Waals surface area contributed by atoms with Gasteiger partial charge in [0.2, 0.25) is 0 Å². The molecular weight excluding hydrogens is 258 g/mol. The topological polar surface area (TPSA) is 46.1 Å². The minimum Gasteiger partial charge on any atom is -0.334 e. The largest absolute Gasteiger partial charge is 0.334 e. The summed E-state index contributed by atoms with van der Waals surface area (Å²) in [5, 5.41) is 3.99. The Morgan fingerprint density at radius 3 is 3.12 bits per heavy atom. The third-order valence-corrected chi connectivity index (χ3v) is 4.26. The van der Waals surface area contributed by atoms with E-state index in [0.29, 0.717) is 10.8 Å². The number of aromatic nitrogens is 2. The summed E-state index contributed by atoms with van der Waals surface area (Å²) < 4.78 is 3.87. The first-order chi connectivity index (χ1) is 8.27. The molecule has 0 aliphatic carbocycles. The second-order valence-corrected chi connectivity index (χ2v) is 5.27. The number of aryl methyl sites for hydroxylation is 1. The molecule has 2 rings (SSSR count). The molecule has 4 nitrogen and oxygen atoms in total. The molecule has 17 heavy (non-hydrogen) atoms. The Morgan fingerprint density at radius 2 is 2.41 bits per heavy atom. The monoisotopic (exact) mass is 273 g/mol. The van der Waals surface area contributed by atoms with Crippen LogP contribution < -0.4 is 0 Å². The van der Waals surface area contributed by atoms with E-state index >= 15 is 0 Å². The molecule has 1 saturated heterocycles. The Balaban J connectivity index is 2.18. The molecule has 0 bridgehead atoms. The number of likely N-dealkylation sites (tertiary alicyclic amines) is 1. The fourth-order valence-electron chi connectivity index (χ4n) is 2.16. The minimum atomic E-state index is 0.0576. The summed E-state index contributed by atoms with van der Waals surface area (Å²) in [7, 11) is 0. The quantitative estimate of drug-likeness (QED) is 0.794. The van der Waals surface area contributed by atoms with Crippen LogP contribution in [0.4, 0.5) is 0 Å². The molecule has 1 atom stereocenters. The van der Waals surface area contributed by atoms with Crippen LogP contribution >= 0.6 is 23.1 Å². The van der Waals surface area contributed by atoms with E-state index < -0.39 is 0 Å². The van der Waals surface area contributed by atoms with Gasteiger partial charge in [0, 0.05) is 18.5 Å². The van der Waals surface area contributed by atoms with Crippen LogP contribution in [-0.2, 0) is 6.42 Å². The van der Waals surface area contributed by atoms with Gasteiger partial charge in [0.25, 0.3) is 5.91 Å². The molecule has 1 amide bonds. The van der Waals surface area contributed by atoms with Crippen molar-refractivity contribution in [3.05, 3.63) is 10.6 Å². The van der Waals surface area contributed by atoms with E-state index in [-0.39, 0.29) is 11.9 Å². The number of amides is 1. The summed E-state index contributed by atoms with van der Waals surface area (Å²) >= 11 is 7.13. The van der Waals surface area contributed by atoms with Gasteiger partial charge in [0.1, 0.15) is 4.88 Å². The van der Waals surface area contributed by atoms with Gasteiger partial charge >= 0.3 is 0 Å². The number of alkyl halides is 1. The van der Waals surface area contributed by atoms with E-state index in [2.05, 4.69) is 9.59 Å². The molecule has 0 spiro atoms. The Morgan fingerprint density at radius 1 is 1.59 bits per heavy atom. The second-order valence-electron chi connectivity index (χ2n) is 4.20. The molecule has 2 heterocycles. The van der Waals surface area contributed by atoms with Crippen molar-refractivity contribution < 1.29 is 4.79 Å². The maximum absolute atomic E-state index is 12.4. The van der Waals surface area contributed by atoms with Crippen LogP contribution in [0.2, 0.25) is 0 Å². The molecule has 0 aromatic carbocycles. The summed E-state index contributed by atoms with van der Waals surface area (Å²) in [6, 6.07) is 0.171. The average Bonchev–Trinajstić information content (AvgIpc) is 2.86. The van der Waals surface area contributed by atoms with E-state index in [1.807, 2.05) is 11.8 Å². The normalized spacial score (nSPS) is 20.6. The standard InChI is InChI=1S/C11H16ClN3OS/c1-2-9-10(17-14-13-9)11(16)15-6-4-3-5-8(15)7-12/h8H,2-7H2,1H3. The van der Waals surface area contributed by atoms with Gasteiger partial charge in [-0.2, -0.15) is 0 Å². The summed E-state index contributed by atoms with van der Waals surface area (Å²) in [6.45, 7) is 2.79. The van der Waals surface area contributed by atoms with Crippen LogP contribution in [0, 0.1) is 0 Å².